The summed E-state index contributed by atoms with van der Waals surface area (Å²) in [4.78, 5) is 33.0. The molecule has 1 saturated carbocycles. The van der Waals surface area contributed by atoms with E-state index in [1.165, 1.54) is 5.56 Å². The third kappa shape index (κ3) is 5.66. The number of nitrogens with one attached hydrogen (secondary N) is 1. The van der Waals surface area contributed by atoms with Crippen LogP contribution in [0.1, 0.15) is 42.6 Å². The van der Waals surface area contributed by atoms with Crippen LogP contribution < -0.4 is 5.32 Å². The standard InChI is InChI=1S/C30H32N4O3/c1-21-14-15-25(17-22(21)2)34-19-27(23-9-4-3-5-10-23)31-30(34)32-28(35)20-33(18-26-13-8-16-37-26)29(36)24-11-6-7-12-24/h3-5,8-10,13-17,19,24H,6-7,11-12,18,20H2,1-2H3,(H,31,32,35). The molecule has 4 aromatic rings. The predicted octanol–water partition coefficient (Wildman–Crippen LogP) is 5.91. The van der Waals surface area contributed by atoms with Gasteiger partial charge in [-0.3, -0.25) is 19.5 Å². The van der Waals surface area contributed by atoms with Crippen LogP contribution in [0.2, 0.25) is 0 Å². The van der Waals surface area contributed by atoms with Crippen LogP contribution in [0.5, 0.6) is 0 Å². The van der Waals surface area contributed by atoms with Gasteiger partial charge in [-0.25, -0.2) is 4.98 Å². The van der Waals surface area contributed by atoms with Gasteiger partial charge in [-0.15, -0.1) is 0 Å². The van der Waals surface area contributed by atoms with Crippen molar-refractivity contribution in [3.63, 3.8) is 0 Å². The van der Waals surface area contributed by atoms with Gasteiger partial charge in [0, 0.05) is 23.4 Å². The van der Waals surface area contributed by atoms with Gasteiger partial charge in [0.05, 0.1) is 18.5 Å². The van der Waals surface area contributed by atoms with Crippen LogP contribution in [0.15, 0.2) is 77.5 Å². The molecule has 0 bridgehead atoms. The molecule has 1 aliphatic rings. The number of anilines is 1. The van der Waals surface area contributed by atoms with Gasteiger partial charge < -0.3 is 9.32 Å². The third-order valence-corrected chi connectivity index (χ3v) is 7.07. The quantitative estimate of drug-likeness (QED) is 0.329. The van der Waals surface area contributed by atoms with Crippen LogP contribution in [0.4, 0.5) is 5.95 Å². The maximum absolute atomic E-state index is 13.3. The summed E-state index contributed by atoms with van der Waals surface area (Å²) in [6, 6.07) is 19.6. The Morgan fingerprint density at radius 1 is 1.03 bits per heavy atom. The second-order valence-corrected chi connectivity index (χ2v) is 9.76. The molecule has 0 saturated heterocycles. The lowest BCUT2D eigenvalue weighted by Crippen LogP contribution is -2.40. The zero-order valence-electron chi connectivity index (χ0n) is 21.3. The first kappa shape index (κ1) is 24.6. The van der Waals surface area contributed by atoms with Crippen LogP contribution in [0.3, 0.4) is 0 Å². The molecule has 0 aliphatic heterocycles. The highest BCUT2D eigenvalue weighted by Gasteiger charge is 2.29. The number of hydrogen-bond donors (Lipinski definition) is 1. The molecule has 2 heterocycles. The van der Waals surface area contributed by atoms with Crippen LogP contribution in [0, 0.1) is 19.8 Å². The maximum atomic E-state index is 13.3. The number of aryl methyl sites for hydroxylation is 2. The molecule has 2 amide bonds. The Morgan fingerprint density at radius 3 is 2.51 bits per heavy atom. The van der Waals surface area contributed by atoms with Crippen molar-refractivity contribution >= 4 is 17.8 Å². The van der Waals surface area contributed by atoms with E-state index in [9.17, 15) is 9.59 Å². The highest BCUT2D eigenvalue weighted by atomic mass is 16.3. The number of nitrogens with zero attached hydrogens (tertiary/aromatic N) is 3. The summed E-state index contributed by atoms with van der Waals surface area (Å²) >= 11 is 0. The van der Waals surface area contributed by atoms with Gasteiger partial charge in [0.1, 0.15) is 12.3 Å². The van der Waals surface area contributed by atoms with E-state index in [0.717, 1.165) is 48.2 Å². The van der Waals surface area contributed by atoms with Gasteiger partial charge in [0.15, 0.2) is 0 Å². The molecule has 5 rings (SSSR count). The normalized spacial score (nSPS) is 13.6. The summed E-state index contributed by atoms with van der Waals surface area (Å²) in [6.45, 7) is 4.32. The van der Waals surface area contributed by atoms with Crippen molar-refractivity contribution in [3.8, 4) is 16.9 Å². The number of carbonyl (C=O) groups is 2. The van der Waals surface area contributed by atoms with Crippen molar-refractivity contribution in [2.24, 2.45) is 5.92 Å². The van der Waals surface area contributed by atoms with E-state index in [2.05, 4.69) is 31.3 Å². The van der Waals surface area contributed by atoms with Crippen molar-refractivity contribution in [2.75, 3.05) is 11.9 Å². The molecule has 1 N–H and O–H groups in total. The SMILES string of the molecule is Cc1ccc(-n2cc(-c3ccccc3)nc2NC(=O)CN(Cc2ccco2)C(=O)C2CCCC2)cc1C. The van der Waals surface area contributed by atoms with Gasteiger partial charge in [-0.2, -0.15) is 0 Å². The number of benzene rings is 2. The first-order chi connectivity index (χ1) is 18.0. The van der Waals surface area contributed by atoms with Crippen molar-refractivity contribution < 1.29 is 14.0 Å². The van der Waals surface area contributed by atoms with Gasteiger partial charge in [-0.05, 0) is 62.1 Å². The molecular formula is C30H32N4O3. The first-order valence-corrected chi connectivity index (χ1v) is 12.8. The molecule has 190 valence electrons. The second kappa shape index (κ2) is 10.9. The van der Waals surface area contributed by atoms with Crippen LogP contribution in [-0.2, 0) is 16.1 Å². The summed E-state index contributed by atoms with van der Waals surface area (Å²) in [5, 5.41) is 2.98. The van der Waals surface area contributed by atoms with Gasteiger partial charge >= 0.3 is 0 Å². The van der Waals surface area contributed by atoms with E-state index in [1.807, 2.05) is 53.2 Å². The fourth-order valence-corrected chi connectivity index (χ4v) is 4.86. The molecule has 1 aliphatic carbocycles. The van der Waals surface area contributed by atoms with Gasteiger partial charge in [-0.1, -0.05) is 49.2 Å². The summed E-state index contributed by atoms with van der Waals surface area (Å²) in [7, 11) is 0. The van der Waals surface area contributed by atoms with Gasteiger partial charge in [0.2, 0.25) is 17.8 Å². The molecule has 0 atom stereocenters. The molecule has 2 aromatic heterocycles. The van der Waals surface area contributed by atoms with E-state index in [-0.39, 0.29) is 30.8 Å². The molecule has 7 nitrogen and oxygen atoms in total. The van der Waals surface area contributed by atoms with Gasteiger partial charge in [0.25, 0.3) is 0 Å². The Hall–Kier alpha value is -4.13. The Balaban J connectivity index is 1.42. The molecule has 1 fully saturated rings. The summed E-state index contributed by atoms with van der Waals surface area (Å²) < 4.78 is 7.38. The Labute approximate surface area is 217 Å². The first-order valence-electron chi connectivity index (χ1n) is 12.8. The molecule has 37 heavy (non-hydrogen) atoms. The minimum atomic E-state index is -0.298. The van der Waals surface area contributed by atoms with Crippen LogP contribution in [-0.4, -0.2) is 32.8 Å². The Morgan fingerprint density at radius 2 is 1.81 bits per heavy atom. The largest absolute Gasteiger partial charge is 0.467 e. The third-order valence-electron chi connectivity index (χ3n) is 7.07. The van der Waals surface area contributed by atoms with Crippen LogP contribution in [0.25, 0.3) is 16.9 Å². The molecule has 0 radical (unpaired) electrons. The number of furan rings is 1. The monoisotopic (exact) mass is 496 g/mol. The number of hydrogen-bond acceptors (Lipinski definition) is 4. The van der Waals surface area contributed by atoms with E-state index in [4.69, 9.17) is 9.40 Å². The minimum Gasteiger partial charge on any atom is -0.467 e. The highest BCUT2D eigenvalue weighted by Crippen LogP contribution is 2.28. The zero-order valence-corrected chi connectivity index (χ0v) is 21.3. The predicted molar refractivity (Wildman–Crippen MR) is 143 cm³/mol. The maximum Gasteiger partial charge on any atom is 0.246 e. The Bertz CT molecular complexity index is 1370. The summed E-state index contributed by atoms with van der Waals surface area (Å²) in [5.74, 6) is 0.741. The van der Waals surface area contributed by atoms with Crippen molar-refractivity contribution in [3.05, 3.63) is 90.0 Å². The van der Waals surface area contributed by atoms with E-state index < -0.39 is 0 Å². The minimum absolute atomic E-state index is 0.00604. The average Bonchev–Trinajstić information content (AvgIpc) is 3.68. The van der Waals surface area contributed by atoms with Crippen molar-refractivity contribution in [1.82, 2.24) is 14.5 Å². The summed E-state index contributed by atoms with van der Waals surface area (Å²) in [6.07, 6.45) is 7.34. The molecule has 0 spiro atoms. The number of imidazole rings is 1. The Kier molecular flexibility index (Phi) is 7.21. The fraction of sp³-hybridized carbons (Fsp3) is 0.300. The number of aromatic nitrogens is 2. The van der Waals surface area contributed by atoms with Crippen molar-refractivity contribution in [2.45, 2.75) is 46.1 Å². The molecular weight excluding hydrogens is 464 g/mol. The zero-order chi connectivity index (χ0) is 25.8. The van der Waals surface area contributed by atoms with Crippen LogP contribution >= 0.6 is 0 Å². The number of carbonyl (C=O) groups excluding carboxylic acids is 2. The van der Waals surface area contributed by atoms with E-state index >= 15 is 0 Å². The van der Waals surface area contributed by atoms with Crippen molar-refractivity contribution in [1.29, 1.82) is 0 Å². The molecule has 2 aromatic carbocycles. The average molecular weight is 497 g/mol. The molecule has 0 unspecified atom stereocenters. The highest BCUT2D eigenvalue weighted by molar-refractivity contribution is 5.94. The lowest BCUT2D eigenvalue weighted by Gasteiger charge is -2.24. The number of rotatable bonds is 8. The molecule has 7 heteroatoms. The fourth-order valence-electron chi connectivity index (χ4n) is 4.86. The smallest absolute Gasteiger partial charge is 0.246 e. The second-order valence-electron chi connectivity index (χ2n) is 9.76. The lowest BCUT2D eigenvalue weighted by molar-refractivity contribution is -0.139. The lowest BCUT2D eigenvalue weighted by atomic mass is 10.1. The van der Waals surface area contributed by atoms with E-state index in [1.54, 1.807) is 17.2 Å². The van der Waals surface area contributed by atoms with E-state index in [0.29, 0.717) is 11.7 Å². The summed E-state index contributed by atoms with van der Waals surface area (Å²) in [5.41, 5.74) is 4.95. The number of amides is 2. The topological polar surface area (TPSA) is 80.4 Å².